The second kappa shape index (κ2) is 5.89. The van der Waals surface area contributed by atoms with Crippen molar-refractivity contribution in [2.45, 2.75) is 13.8 Å². The lowest BCUT2D eigenvalue weighted by atomic mass is 10.2. The quantitative estimate of drug-likeness (QED) is 0.548. The van der Waals surface area contributed by atoms with Crippen molar-refractivity contribution in [2.75, 3.05) is 18.4 Å². The molecular formula is C12H18N4O. The fraction of sp³-hybridized carbons (Fsp3) is 0.333. The number of anilines is 1. The zero-order chi connectivity index (χ0) is 12.8. The van der Waals surface area contributed by atoms with Gasteiger partial charge in [0.15, 0.2) is 0 Å². The summed E-state index contributed by atoms with van der Waals surface area (Å²) in [6.45, 7) is 4.47. The molecule has 0 aliphatic heterocycles. The second-order valence-corrected chi connectivity index (χ2v) is 3.84. The number of nitrogens with two attached hydrogens (primary N) is 1. The van der Waals surface area contributed by atoms with Gasteiger partial charge in [0, 0.05) is 12.2 Å². The molecule has 1 rings (SSSR count). The van der Waals surface area contributed by atoms with Crippen LogP contribution in [0.1, 0.15) is 12.5 Å². The summed E-state index contributed by atoms with van der Waals surface area (Å²) in [4.78, 5) is 13.3. The maximum Gasteiger partial charge on any atom is 0.322 e. The Morgan fingerprint density at radius 3 is 2.76 bits per heavy atom. The first-order chi connectivity index (χ1) is 8.02. The fourth-order valence-corrected chi connectivity index (χ4v) is 1.46. The van der Waals surface area contributed by atoms with Crippen LogP contribution in [0.15, 0.2) is 24.3 Å². The van der Waals surface area contributed by atoms with Crippen molar-refractivity contribution in [3.8, 4) is 0 Å². The van der Waals surface area contributed by atoms with E-state index in [4.69, 9.17) is 11.1 Å². The van der Waals surface area contributed by atoms with Crippen LogP contribution >= 0.6 is 0 Å². The molecular weight excluding hydrogens is 216 g/mol. The third kappa shape index (κ3) is 4.14. The van der Waals surface area contributed by atoms with E-state index in [1.54, 1.807) is 0 Å². The Hall–Kier alpha value is -2.04. The minimum atomic E-state index is -0.242. The summed E-state index contributed by atoms with van der Waals surface area (Å²) in [7, 11) is 0. The highest BCUT2D eigenvalue weighted by molar-refractivity contribution is 5.92. The molecule has 1 aromatic carbocycles. The largest absolute Gasteiger partial charge is 0.386 e. The average Bonchev–Trinajstić information content (AvgIpc) is 2.25. The van der Waals surface area contributed by atoms with Crippen LogP contribution < -0.4 is 11.1 Å². The molecule has 0 heterocycles. The van der Waals surface area contributed by atoms with E-state index in [-0.39, 0.29) is 18.4 Å². The Morgan fingerprint density at radius 2 is 2.24 bits per heavy atom. The first kappa shape index (κ1) is 13.0. The number of likely N-dealkylation sites (N-methyl/N-ethyl adjacent to an activating group) is 1. The van der Waals surface area contributed by atoms with E-state index in [0.29, 0.717) is 6.54 Å². The van der Waals surface area contributed by atoms with Gasteiger partial charge in [-0.05, 0) is 31.5 Å². The first-order valence-electron chi connectivity index (χ1n) is 5.48. The van der Waals surface area contributed by atoms with Gasteiger partial charge in [-0.25, -0.2) is 4.79 Å². The second-order valence-electron chi connectivity index (χ2n) is 3.84. The Kier molecular flexibility index (Phi) is 4.51. The van der Waals surface area contributed by atoms with Gasteiger partial charge < -0.3 is 16.0 Å². The number of urea groups is 1. The van der Waals surface area contributed by atoms with Crippen LogP contribution in [0.2, 0.25) is 0 Å². The molecule has 0 aliphatic carbocycles. The van der Waals surface area contributed by atoms with Crippen LogP contribution in [0.4, 0.5) is 10.5 Å². The molecule has 0 aliphatic rings. The summed E-state index contributed by atoms with van der Waals surface area (Å²) < 4.78 is 0. The SMILES string of the molecule is CCN(CC(=N)N)C(=O)Nc1cccc(C)c1. The smallest absolute Gasteiger partial charge is 0.322 e. The predicted octanol–water partition coefficient (Wildman–Crippen LogP) is 1.78. The van der Waals surface area contributed by atoms with Gasteiger partial charge in [-0.2, -0.15) is 0 Å². The maximum atomic E-state index is 11.9. The standard InChI is InChI=1S/C12H18N4O/c1-3-16(8-11(13)14)12(17)15-10-6-4-5-9(2)7-10/h4-7H,3,8H2,1-2H3,(H3,13,14)(H,15,17). The van der Waals surface area contributed by atoms with Crippen LogP contribution in [0.3, 0.4) is 0 Å². The molecule has 0 saturated carbocycles. The molecule has 1 aromatic rings. The van der Waals surface area contributed by atoms with Crippen LogP contribution in [0.25, 0.3) is 0 Å². The third-order valence-corrected chi connectivity index (χ3v) is 2.30. The van der Waals surface area contributed by atoms with E-state index in [9.17, 15) is 4.79 Å². The lowest BCUT2D eigenvalue weighted by Crippen LogP contribution is -2.40. The van der Waals surface area contributed by atoms with Gasteiger partial charge in [0.05, 0.1) is 6.54 Å². The molecule has 2 amide bonds. The number of carbonyl (C=O) groups is 1. The summed E-state index contributed by atoms with van der Waals surface area (Å²) in [6.07, 6.45) is 0. The molecule has 0 spiro atoms. The van der Waals surface area contributed by atoms with Crippen molar-refractivity contribution in [2.24, 2.45) is 5.73 Å². The van der Waals surface area contributed by atoms with Crippen LogP contribution in [0.5, 0.6) is 0 Å². The molecule has 0 atom stereocenters. The van der Waals surface area contributed by atoms with Crippen LogP contribution in [-0.4, -0.2) is 29.9 Å². The molecule has 0 radical (unpaired) electrons. The molecule has 5 nitrogen and oxygen atoms in total. The number of benzene rings is 1. The molecule has 0 fully saturated rings. The van der Waals surface area contributed by atoms with Crippen LogP contribution in [-0.2, 0) is 0 Å². The molecule has 0 bridgehead atoms. The molecule has 0 unspecified atom stereocenters. The topological polar surface area (TPSA) is 82.2 Å². The third-order valence-electron chi connectivity index (χ3n) is 2.30. The van der Waals surface area contributed by atoms with Crippen molar-refractivity contribution in [1.82, 2.24) is 4.90 Å². The number of rotatable bonds is 4. The summed E-state index contributed by atoms with van der Waals surface area (Å²) in [5, 5.41) is 9.97. The molecule has 5 heteroatoms. The van der Waals surface area contributed by atoms with Crippen molar-refractivity contribution in [3.05, 3.63) is 29.8 Å². The zero-order valence-electron chi connectivity index (χ0n) is 10.2. The van der Waals surface area contributed by atoms with Gasteiger partial charge in [-0.3, -0.25) is 5.41 Å². The van der Waals surface area contributed by atoms with E-state index in [1.807, 2.05) is 38.1 Å². The van der Waals surface area contributed by atoms with E-state index < -0.39 is 0 Å². The predicted molar refractivity (Wildman–Crippen MR) is 69.4 cm³/mol. The minimum absolute atomic E-state index is 0.0220. The first-order valence-corrected chi connectivity index (χ1v) is 5.48. The highest BCUT2D eigenvalue weighted by atomic mass is 16.2. The molecule has 0 saturated heterocycles. The Labute approximate surface area is 101 Å². The number of hydrogen-bond donors (Lipinski definition) is 3. The van der Waals surface area contributed by atoms with Gasteiger partial charge in [0.25, 0.3) is 0 Å². The summed E-state index contributed by atoms with van der Waals surface area (Å²) in [6, 6.07) is 7.31. The van der Waals surface area contributed by atoms with Crippen LogP contribution in [0, 0.1) is 12.3 Å². The Bertz CT molecular complexity index is 417. The van der Waals surface area contributed by atoms with E-state index in [2.05, 4.69) is 5.32 Å². The lowest BCUT2D eigenvalue weighted by molar-refractivity contribution is 0.221. The monoisotopic (exact) mass is 234 g/mol. The molecule has 4 N–H and O–H groups in total. The summed E-state index contributed by atoms with van der Waals surface area (Å²) in [5.41, 5.74) is 7.11. The fourth-order valence-electron chi connectivity index (χ4n) is 1.46. The zero-order valence-corrected chi connectivity index (χ0v) is 10.2. The number of amides is 2. The maximum absolute atomic E-state index is 11.9. The van der Waals surface area contributed by atoms with Gasteiger partial charge in [0.2, 0.25) is 0 Å². The Morgan fingerprint density at radius 1 is 1.53 bits per heavy atom. The van der Waals surface area contributed by atoms with E-state index >= 15 is 0 Å². The van der Waals surface area contributed by atoms with Gasteiger partial charge in [-0.15, -0.1) is 0 Å². The van der Waals surface area contributed by atoms with Crippen molar-refractivity contribution < 1.29 is 4.79 Å². The average molecular weight is 234 g/mol. The van der Waals surface area contributed by atoms with Crippen molar-refractivity contribution in [1.29, 1.82) is 5.41 Å². The Balaban J connectivity index is 2.67. The highest BCUT2D eigenvalue weighted by Gasteiger charge is 2.12. The normalized spacial score (nSPS) is 9.76. The lowest BCUT2D eigenvalue weighted by Gasteiger charge is -2.20. The van der Waals surface area contributed by atoms with Crippen molar-refractivity contribution >= 4 is 17.6 Å². The number of carbonyl (C=O) groups excluding carboxylic acids is 1. The summed E-state index contributed by atoms with van der Waals surface area (Å²) in [5.74, 6) is -0.0220. The number of amidine groups is 1. The van der Waals surface area contributed by atoms with Gasteiger partial charge >= 0.3 is 6.03 Å². The van der Waals surface area contributed by atoms with Gasteiger partial charge in [0.1, 0.15) is 5.84 Å². The summed E-state index contributed by atoms with van der Waals surface area (Å²) >= 11 is 0. The number of nitrogens with one attached hydrogen (secondary N) is 2. The van der Waals surface area contributed by atoms with E-state index in [1.165, 1.54) is 4.90 Å². The number of hydrogen-bond acceptors (Lipinski definition) is 2. The number of nitrogens with zero attached hydrogens (tertiary/aromatic N) is 1. The molecule has 0 aromatic heterocycles. The highest BCUT2D eigenvalue weighted by Crippen LogP contribution is 2.10. The van der Waals surface area contributed by atoms with Gasteiger partial charge in [-0.1, -0.05) is 12.1 Å². The molecule has 92 valence electrons. The van der Waals surface area contributed by atoms with Crippen molar-refractivity contribution in [3.63, 3.8) is 0 Å². The molecule has 17 heavy (non-hydrogen) atoms. The number of aryl methyl sites for hydroxylation is 1. The minimum Gasteiger partial charge on any atom is -0.386 e. The van der Waals surface area contributed by atoms with E-state index in [0.717, 1.165) is 11.3 Å².